The van der Waals surface area contributed by atoms with Crippen molar-refractivity contribution < 1.29 is 9.21 Å². The minimum Gasteiger partial charge on any atom is -0.442 e. The number of carbonyl (C=O) groups excluding carboxylic acids is 1. The van der Waals surface area contributed by atoms with Gasteiger partial charge >= 0.3 is 0 Å². The molecule has 0 saturated carbocycles. The monoisotopic (exact) mass is 368 g/mol. The van der Waals surface area contributed by atoms with Crippen molar-refractivity contribution >= 4 is 43.7 Å². The van der Waals surface area contributed by atoms with Gasteiger partial charge in [-0.2, -0.15) is 0 Å². The fourth-order valence-electron chi connectivity index (χ4n) is 2.86. The van der Waals surface area contributed by atoms with Gasteiger partial charge in [0.05, 0.1) is 15.8 Å². The van der Waals surface area contributed by atoms with E-state index in [-0.39, 0.29) is 22.2 Å². The number of carbonyl (C=O) groups is 1. The van der Waals surface area contributed by atoms with E-state index in [0.29, 0.717) is 10.9 Å². The maximum atomic E-state index is 12.8. The third kappa shape index (κ3) is 2.59. The van der Waals surface area contributed by atoms with Crippen molar-refractivity contribution in [1.82, 2.24) is 14.5 Å². The van der Waals surface area contributed by atoms with Crippen molar-refractivity contribution in [2.75, 3.05) is 5.32 Å². The predicted molar refractivity (Wildman–Crippen MR) is 101 cm³/mol. The summed E-state index contributed by atoms with van der Waals surface area (Å²) in [5.74, 6) is -0.0798. The molecule has 0 aliphatic rings. The van der Waals surface area contributed by atoms with E-state index in [9.17, 15) is 9.59 Å². The third-order valence-electron chi connectivity index (χ3n) is 4.26. The smallest absolute Gasteiger partial charge is 0.265 e. The number of aryl methyl sites for hydroxylation is 3. The number of fused-ring (bicyclic) bond motifs is 2. The van der Waals surface area contributed by atoms with Crippen LogP contribution in [0.3, 0.4) is 0 Å². The zero-order chi connectivity index (χ0) is 18.4. The second kappa shape index (κ2) is 6.06. The summed E-state index contributed by atoms with van der Waals surface area (Å²) in [6.45, 7) is 3.73. The average Bonchev–Trinajstić information content (AvgIpc) is 3.17. The lowest BCUT2D eigenvalue weighted by molar-refractivity contribution is 0.102. The number of nitrogens with one attached hydrogen (secondary N) is 1. The molecule has 8 heteroatoms. The van der Waals surface area contributed by atoms with Gasteiger partial charge in [0, 0.05) is 7.05 Å². The van der Waals surface area contributed by atoms with E-state index < -0.39 is 5.91 Å². The molecule has 0 radical (unpaired) electrons. The molecule has 0 saturated heterocycles. The molecule has 26 heavy (non-hydrogen) atoms. The number of hydrogen-bond acceptors (Lipinski definition) is 6. The first-order valence-electron chi connectivity index (χ1n) is 8.13. The Hall–Kier alpha value is -3.00. The minimum absolute atomic E-state index is 0.160. The zero-order valence-electron chi connectivity index (χ0n) is 14.5. The third-order valence-corrected chi connectivity index (χ3v) is 5.19. The normalized spacial score (nSPS) is 11.3. The Morgan fingerprint density at radius 1 is 1.38 bits per heavy atom. The molecule has 1 N–H and O–H groups in total. The van der Waals surface area contributed by atoms with E-state index in [1.807, 2.05) is 12.1 Å². The van der Waals surface area contributed by atoms with Gasteiger partial charge in [0.1, 0.15) is 17.5 Å². The highest BCUT2D eigenvalue weighted by Crippen LogP contribution is 2.28. The van der Waals surface area contributed by atoms with Crippen molar-refractivity contribution in [2.45, 2.75) is 20.3 Å². The first-order valence-corrected chi connectivity index (χ1v) is 8.95. The Kier molecular flexibility index (Phi) is 3.84. The summed E-state index contributed by atoms with van der Waals surface area (Å²) in [6.07, 6.45) is 2.31. The number of rotatable bonds is 3. The van der Waals surface area contributed by atoms with Crippen LogP contribution in [0.2, 0.25) is 0 Å². The van der Waals surface area contributed by atoms with Crippen molar-refractivity contribution in [2.24, 2.45) is 7.05 Å². The van der Waals surface area contributed by atoms with E-state index in [1.165, 1.54) is 27.8 Å². The Morgan fingerprint density at radius 2 is 2.19 bits per heavy atom. The highest BCUT2D eigenvalue weighted by molar-refractivity contribution is 7.22. The van der Waals surface area contributed by atoms with E-state index >= 15 is 0 Å². The number of anilines is 1. The molecule has 4 rings (SSSR count). The maximum Gasteiger partial charge on any atom is 0.265 e. The molecule has 0 bridgehead atoms. The van der Waals surface area contributed by atoms with Crippen LogP contribution in [0, 0.1) is 6.92 Å². The molecule has 0 atom stereocenters. The molecule has 1 amide bonds. The first-order chi connectivity index (χ1) is 12.5. The summed E-state index contributed by atoms with van der Waals surface area (Å²) in [7, 11) is 1.58. The Labute approximate surface area is 152 Å². The van der Waals surface area contributed by atoms with Gasteiger partial charge in [0.25, 0.3) is 11.5 Å². The fraction of sp³-hybridized carbons (Fsp3) is 0.222. The van der Waals surface area contributed by atoms with Crippen LogP contribution in [-0.2, 0) is 13.5 Å². The SMILES string of the molecule is CCc1ccc2nc(NC(=O)c3c(C)oc4ncn(C)c(=O)c34)sc2c1. The second-order valence-corrected chi connectivity index (χ2v) is 7.03. The first kappa shape index (κ1) is 16.5. The standard InChI is InChI=1S/C18H16N4O3S/c1-4-10-5-6-11-12(7-10)26-18(20-11)21-15(23)13-9(2)25-16-14(13)17(24)22(3)8-19-16/h5-8H,4H2,1-3H3,(H,20,21,23). The molecule has 0 fully saturated rings. The number of amides is 1. The Balaban J connectivity index is 1.75. The Bertz CT molecular complexity index is 1220. The summed E-state index contributed by atoms with van der Waals surface area (Å²) >= 11 is 1.40. The number of furan rings is 1. The lowest BCUT2D eigenvalue weighted by atomic mass is 10.2. The van der Waals surface area contributed by atoms with Crippen LogP contribution in [0.25, 0.3) is 21.3 Å². The quantitative estimate of drug-likeness (QED) is 0.599. The summed E-state index contributed by atoms with van der Waals surface area (Å²) in [4.78, 5) is 33.7. The molecule has 1 aromatic carbocycles. The van der Waals surface area contributed by atoms with E-state index in [2.05, 4.69) is 28.3 Å². The van der Waals surface area contributed by atoms with E-state index in [0.717, 1.165) is 16.6 Å². The summed E-state index contributed by atoms with van der Waals surface area (Å²) < 4.78 is 7.80. The summed E-state index contributed by atoms with van der Waals surface area (Å²) in [5.41, 5.74) is 2.07. The molecule has 132 valence electrons. The highest BCUT2D eigenvalue weighted by Gasteiger charge is 2.23. The van der Waals surface area contributed by atoms with Crippen molar-refractivity contribution in [3.8, 4) is 0 Å². The predicted octanol–water partition coefficient (Wildman–Crippen LogP) is 3.26. The van der Waals surface area contributed by atoms with Gasteiger partial charge in [-0.05, 0) is 31.0 Å². The second-order valence-electron chi connectivity index (χ2n) is 6.00. The van der Waals surface area contributed by atoms with Gasteiger partial charge in [-0.15, -0.1) is 0 Å². The van der Waals surface area contributed by atoms with Gasteiger partial charge < -0.3 is 8.98 Å². The van der Waals surface area contributed by atoms with Gasteiger partial charge in [-0.1, -0.05) is 24.3 Å². The number of benzene rings is 1. The van der Waals surface area contributed by atoms with Gasteiger partial charge in [-0.3, -0.25) is 14.9 Å². The summed E-state index contributed by atoms with van der Waals surface area (Å²) in [5, 5.41) is 3.44. The van der Waals surface area contributed by atoms with Crippen molar-refractivity contribution in [3.63, 3.8) is 0 Å². The molecule has 0 aliphatic carbocycles. The van der Waals surface area contributed by atoms with Crippen LogP contribution in [-0.4, -0.2) is 20.4 Å². The number of nitrogens with zero attached hydrogens (tertiary/aromatic N) is 3. The van der Waals surface area contributed by atoms with Gasteiger partial charge in [0.2, 0.25) is 5.71 Å². The lowest BCUT2D eigenvalue weighted by Crippen LogP contribution is -2.20. The molecule has 0 spiro atoms. The fourth-order valence-corrected chi connectivity index (χ4v) is 3.79. The van der Waals surface area contributed by atoms with Crippen molar-refractivity contribution in [1.29, 1.82) is 0 Å². The number of hydrogen-bond donors (Lipinski definition) is 1. The lowest BCUT2D eigenvalue weighted by Gasteiger charge is -2.01. The topological polar surface area (TPSA) is 90.0 Å². The summed E-state index contributed by atoms with van der Waals surface area (Å²) in [6, 6.07) is 6.04. The highest BCUT2D eigenvalue weighted by atomic mass is 32.1. The van der Waals surface area contributed by atoms with E-state index in [4.69, 9.17) is 4.42 Å². The molecule has 7 nitrogen and oxygen atoms in total. The molecular formula is C18H16N4O3S. The number of thiazole rings is 1. The molecule has 0 aliphatic heterocycles. The van der Waals surface area contributed by atoms with Gasteiger partial charge in [-0.25, -0.2) is 9.97 Å². The number of aromatic nitrogens is 3. The van der Waals surface area contributed by atoms with Crippen LogP contribution >= 0.6 is 11.3 Å². The molecule has 0 unspecified atom stereocenters. The van der Waals surface area contributed by atoms with Crippen LogP contribution in [0.15, 0.2) is 33.7 Å². The van der Waals surface area contributed by atoms with Gasteiger partial charge in [0.15, 0.2) is 5.13 Å². The van der Waals surface area contributed by atoms with Crippen LogP contribution < -0.4 is 10.9 Å². The Morgan fingerprint density at radius 3 is 2.96 bits per heavy atom. The zero-order valence-corrected chi connectivity index (χ0v) is 15.3. The molecular weight excluding hydrogens is 352 g/mol. The van der Waals surface area contributed by atoms with Crippen LogP contribution in [0.4, 0.5) is 5.13 Å². The largest absolute Gasteiger partial charge is 0.442 e. The molecule has 4 aromatic rings. The van der Waals surface area contributed by atoms with Crippen LogP contribution in [0.5, 0.6) is 0 Å². The van der Waals surface area contributed by atoms with Crippen molar-refractivity contribution in [3.05, 3.63) is 51.8 Å². The average molecular weight is 368 g/mol. The minimum atomic E-state index is -0.430. The maximum absolute atomic E-state index is 12.8. The van der Waals surface area contributed by atoms with Crippen LogP contribution in [0.1, 0.15) is 28.6 Å². The molecule has 3 aromatic heterocycles. The van der Waals surface area contributed by atoms with E-state index in [1.54, 1.807) is 14.0 Å². The molecule has 3 heterocycles.